The van der Waals surface area contributed by atoms with Crippen LogP contribution in [0.4, 0.5) is 0 Å². The van der Waals surface area contributed by atoms with E-state index >= 15 is 0 Å². The molecule has 7 heteroatoms. The molecule has 0 spiro atoms. The number of esters is 1. The maximum absolute atomic E-state index is 11.9. The number of hydrogen-bond donors (Lipinski definition) is 1. The molecule has 0 amide bonds. The second-order valence-corrected chi connectivity index (χ2v) is 4.65. The van der Waals surface area contributed by atoms with Gasteiger partial charge in [-0.1, -0.05) is 18.2 Å². The highest BCUT2D eigenvalue weighted by atomic mass is 16.5. The van der Waals surface area contributed by atoms with Crippen molar-refractivity contribution in [2.75, 3.05) is 6.61 Å². The number of Topliss-reactive ketones (excluding diaryl/α,β-unsaturated/α-hetero) is 1. The van der Waals surface area contributed by atoms with Gasteiger partial charge in [0.05, 0.1) is 0 Å². The predicted octanol–water partition coefficient (Wildman–Crippen LogP) is 1.28. The van der Waals surface area contributed by atoms with E-state index in [1.807, 2.05) is 0 Å². The molecule has 0 unspecified atom stereocenters. The first kappa shape index (κ1) is 16.0. The molecular formula is C16H12N2O5. The Morgan fingerprint density at radius 3 is 2.70 bits per heavy atom. The number of hydrogen-bond acceptors (Lipinski definition) is 7. The number of rotatable bonds is 4. The van der Waals surface area contributed by atoms with Crippen molar-refractivity contribution in [1.82, 2.24) is 0 Å². The number of allylic oxidation sites excluding steroid dienone is 1. The Kier molecular flexibility index (Phi) is 4.57. The van der Waals surface area contributed by atoms with Crippen molar-refractivity contribution in [3.05, 3.63) is 57.6 Å². The Hall–Kier alpha value is -3.40. The molecule has 116 valence electrons. The number of ketones is 1. The number of nitrogens with zero attached hydrogens (tertiary/aromatic N) is 1. The van der Waals surface area contributed by atoms with Gasteiger partial charge in [0.25, 0.3) is 0 Å². The van der Waals surface area contributed by atoms with Gasteiger partial charge in [0.2, 0.25) is 5.78 Å². The molecule has 2 N–H and O–H groups in total. The molecule has 23 heavy (non-hydrogen) atoms. The van der Waals surface area contributed by atoms with Crippen LogP contribution in [0, 0.1) is 11.3 Å². The second kappa shape index (κ2) is 6.58. The van der Waals surface area contributed by atoms with E-state index in [9.17, 15) is 14.4 Å². The standard InChI is InChI=1S/C16H12N2O5/c1-9(18)12(7-17)13(19)8-22-15(20)11-6-10-4-2-3-5-14(10)23-16(11)21/h2-6H,8,18H2,1H3/b12-9-. The van der Waals surface area contributed by atoms with Gasteiger partial charge in [-0.25, -0.2) is 9.59 Å². The van der Waals surface area contributed by atoms with Gasteiger partial charge in [-0.15, -0.1) is 0 Å². The van der Waals surface area contributed by atoms with Crippen molar-refractivity contribution in [2.45, 2.75) is 6.92 Å². The zero-order valence-corrected chi connectivity index (χ0v) is 12.2. The van der Waals surface area contributed by atoms with Gasteiger partial charge in [0.15, 0.2) is 6.61 Å². The van der Waals surface area contributed by atoms with Gasteiger partial charge in [-0.2, -0.15) is 5.26 Å². The molecule has 0 atom stereocenters. The van der Waals surface area contributed by atoms with Crippen molar-refractivity contribution in [3.63, 3.8) is 0 Å². The number of nitriles is 1. The Labute approximate surface area is 130 Å². The summed E-state index contributed by atoms with van der Waals surface area (Å²) in [5, 5.41) is 9.34. The molecule has 0 bridgehead atoms. The Bertz CT molecular complexity index is 914. The van der Waals surface area contributed by atoms with Gasteiger partial charge >= 0.3 is 11.6 Å². The lowest BCUT2D eigenvalue weighted by atomic mass is 10.1. The summed E-state index contributed by atoms with van der Waals surface area (Å²) in [6, 6.07) is 9.61. The third-order valence-electron chi connectivity index (χ3n) is 2.98. The zero-order valence-electron chi connectivity index (χ0n) is 12.2. The SMILES string of the molecule is C/C(N)=C(\C#N)C(=O)COC(=O)c1cc2ccccc2oc1=O. The van der Waals surface area contributed by atoms with Crippen LogP contribution < -0.4 is 11.4 Å². The maximum atomic E-state index is 11.9. The van der Waals surface area contributed by atoms with Crippen molar-refractivity contribution in [1.29, 1.82) is 5.26 Å². The number of para-hydroxylation sites is 1. The molecule has 1 aromatic carbocycles. The Balaban J connectivity index is 2.21. The van der Waals surface area contributed by atoms with Crippen molar-refractivity contribution < 1.29 is 18.7 Å². The summed E-state index contributed by atoms with van der Waals surface area (Å²) in [5.74, 6) is -1.75. The average Bonchev–Trinajstić information content (AvgIpc) is 2.52. The molecule has 0 saturated carbocycles. The maximum Gasteiger partial charge on any atom is 0.351 e. The number of nitrogens with two attached hydrogens (primary N) is 1. The zero-order chi connectivity index (χ0) is 17.0. The summed E-state index contributed by atoms with van der Waals surface area (Å²) in [6.07, 6.45) is 0. The number of fused-ring (bicyclic) bond motifs is 1. The van der Waals surface area contributed by atoms with Crippen LogP contribution in [0.1, 0.15) is 17.3 Å². The molecule has 0 saturated heterocycles. The first-order valence-corrected chi connectivity index (χ1v) is 6.53. The molecule has 0 aliphatic heterocycles. The van der Waals surface area contributed by atoms with Crippen LogP contribution in [0.25, 0.3) is 11.0 Å². The summed E-state index contributed by atoms with van der Waals surface area (Å²) in [5.41, 5.74) is 4.25. The lowest BCUT2D eigenvalue weighted by Gasteiger charge is -2.04. The quantitative estimate of drug-likeness (QED) is 0.390. The Morgan fingerprint density at radius 1 is 1.35 bits per heavy atom. The summed E-state index contributed by atoms with van der Waals surface area (Å²) in [7, 11) is 0. The highest BCUT2D eigenvalue weighted by Crippen LogP contribution is 2.13. The van der Waals surface area contributed by atoms with Crippen LogP contribution in [-0.4, -0.2) is 18.4 Å². The molecule has 0 aliphatic carbocycles. The van der Waals surface area contributed by atoms with Crippen LogP contribution in [-0.2, 0) is 9.53 Å². The van der Waals surface area contributed by atoms with Crippen molar-refractivity contribution >= 4 is 22.7 Å². The third-order valence-corrected chi connectivity index (χ3v) is 2.98. The van der Waals surface area contributed by atoms with E-state index in [2.05, 4.69) is 0 Å². The van der Waals surface area contributed by atoms with E-state index in [0.717, 1.165) is 0 Å². The summed E-state index contributed by atoms with van der Waals surface area (Å²) in [4.78, 5) is 35.4. The number of ether oxygens (including phenoxy) is 1. The fraction of sp³-hybridized carbons (Fsp3) is 0.125. The van der Waals surface area contributed by atoms with Crippen LogP contribution in [0.5, 0.6) is 0 Å². The van der Waals surface area contributed by atoms with Gasteiger partial charge < -0.3 is 14.9 Å². The van der Waals surface area contributed by atoms with E-state index in [1.165, 1.54) is 13.0 Å². The monoisotopic (exact) mass is 312 g/mol. The molecule has 1 heterocycles. The van der Waals surface area contributed by atoms with Gasteiger partial charge in [-0.3, -0.25) is 4.79 Å². The van der Waals surface area contributed by atoms with Gasteiger partial charge in [0, 0.05) is 11.1 Å². The minimum atomic E-state index is -1.01. The highest BCUT2D eigenvalue weighted by Gasteiger charge is 2.18. The van der Waals surface area contributed by atoms with Gasteiger partial charge in [-0.05, 0) is 19.1 Å². The lowest BCUT2D eigenvalue weighted by Crippen LogP contribution is -2.21. The van der Waals surface area contributed by atoms with Crippen LogP contribution in [0.3, 0.4) is 0 Å². The molecule has 0 fully saturated rings. The lowest BCUT2D eigenvalue weighted by molar-refractivity contribution is -0.118. The third kappa shape index (κ3) is 3.44. The highest BCUT2D eigenvalue weighted by molar-refractivity contribution is 6.02. The van der Waals surface area contributed by atoms with E-state index < -0.39 is 24.0 Å². The van der Waals surface area contributed by atoms with E-state index in [-0.39, 0.29) is 16.8 Å². The van der Waals surface area contributed by atoms with Gasteiger partial charge in [0.1, 0.15) is 22.8 Å². The molecule has 0 aliphatic rings. The molecule has 7 nitrogen and oxygen atoms in total. The average molecular weight is 312 g/mol. The van der Waals surface area contributed by atoms with Crippen LogP contribution in [0.2, 0.25) is 0 Å². The number of carbonyl (C=O) groups is 2. The van der Waals surface area contributed by atoms with Crippen LogP contribution in [0.15, 0.2) is 50.8 Å². The number of carbonyl (C=O) groups excluding carboxylic acids is 2. The van der Waals surface area contributed by atoms with Crippen LogP contribution >= 0.6 is 0 Å². The second-order valence-electron chi connectivity index (χ2n) is 4.65. The number of benzene rings is 1. The fourth-order valence-corrected chi connectivity index (χ4v) is 1.86. The minimum Gasteiger partial charge on any atom is -0.453 e. The molecule has 2 rings (SSSR count). The minimum absolute atomic E-state index is 0.0266. The smallest absolute Gasteiger partial charge is 0.351 e. The topological polar surface area (TPSA) is 123 Å². The van der Waals surface area contributed by atoms with E-state index in [1.54, 1.807) is 30.3 Å². The first-order valence-electron chi connectivity index (χ1n) is 6.53. The summed E-state index contributed by atoms with van der Waals surface area (Å²) < 4.78 is 9.77. The first-order chi connectivity index (χ1) is 10.9. The molecule has 2 aromatic rings. The van der Waals surface area contributed by atoms with Crippen molar-refractivity contribution in [2.24, 2.45) is 5.73 Å². The Morgan fingerprint density at radius 2 is 2.04 bits per heavy atom. The normalized spacial score (nSPS) is 11.5. The molecule has 1 aromatic heterocycles. The van der Waals surface area contributed by atoms with E-state index in [0.29, 0.717) is 11.0 Å². The fourth-order valence-electron chi connectivity index (χ4n) is 1.86. The molecular weight excluding hydrogens is 300 g/mol. The van der Waals surface area contributed by atoms with E-state index in [4.69, 9.17) is 20.1 Å². The largest absolute Gasteiger partial charge is 0.453 e. The predicted molar refractivity (Wildman–Crippen MR) is 80.3 cm³/mol. The van der Waals surface area contributed by atoms with Crippen molar-refractivity contribution in [3.8, 4) is 6.07 Å². The summed E-state index contributed by atoms with van der Waals surface area (Å²) >= 11 is 0. The molecule has 0 radical (unpaired) electrons. The summed E-state index contributed by atoms with van der Waals surface area (Å²) in [6.45, 7) is 0.693.